The Morgan fingerprint density at radius 3 is 2.45 bits per heavy atom. The molecule has 0 unspecified atom stereocenters. The molecule has 1 fully saturated rings. The van der Waals surface area contributed by atoms with Crippen LogP contribution in [0.2, 0.25) is 0 Å². The highest BCUT2D eigenvalue weighted by atomic mass is 16.7. The number of methoxy groups -OCH3 is 2. The standard InChI is InChI=1S/C16H27NO5/c1-12(8-7-11-22-16(19)21-3)14(17-15(18)20-2)13-9-5-4-6-10-13/h7-8,12-14H,4-6,9-11H2,1-3H3,(H,17,18)/b8-7+/t12-,14+/m0/s1. The van der Waals surface area contributed by atoms with E-state index in [0.29, 0.717) is 5.92 Å². The van der Waals surface area contributed by atoms with Crippen molar-refractivity contribution < 1.29 is 23.8 Å². The second-order valence-corrected chi connectivity index (χ2v) is 5.61. The van der Waals surface area contributed by atoms with Crippen molar-refractivity contribution in [3.8, 4) is 0 Å². The van der Waals surface area contributed by atoms with Gasteiger partial charge in [0.1, 0.15) is 6.61 Å². The molecule has 1 aliphatic carbocycles. The molecule has 0 bridgehead atoms. The molecule has 1 aliphatic rings. The summed E-state index contributed by atoms with van der Waals surface area (Å²) in [6.07, 6.45) is 8.53. The topological polar surface area (TPSA) is 73.9 Å². The van der Waals surface area contributed by atoms with Crippen LogP contribution in [0.5, 0.6) is 0 Å². The van der Waals surface area contributed by atoms with Gasteiger partial charge in [-0.3, -0.25) is 0 Å². The maximum atomic E-state index is 11.6. The summed E-state index contributed by atoms with van der Waals surface area (Å²) < 4.78 is 13.9. The number of rotatable bonds is 6. The van der Waals surface area contributed by atoms with E-state index in [2.05, 4.69) is 10.1 Å². The maximum absolute atomic E-state index is 11.6. The molecule has 2 atom stereocenters. The first-order valence-corrected chi connectivity index (χ1v) is 7.80. The van der Waals surface area contributed by atoms with E-state index < -0.39 is 12.2 Å². The van der Waals surface area contributed by atoms with E-state index in [1.807, 2.05) is 13.0 Å². The molecule has 22 heavy (non-hydrogen) atoms. The number of carbonyl (C=O) groups is 2. The zero-order valence-corrected chi connectivity index (χ0v) is 13.7. The van der Waals surface area contributed by atoms with Crippen LogP contribution < -0.4 is 5.32 Å². The van der Waals surface area contributed by atoms with Gasteiger partial charge < -0.3 is 19.5 Å². The average molecular weight is 313 g/mol. The molecular formula is C16H27NO5. The minimum Gasteiger partial charge on any atom is -0.453 e. The Morgan fingerprint density at radius 2 is 1.86 bits per heavy atom. The lowest BCUT2D eigenvalue weighted by atomic mass is 9.79. The largest absolute Gasteiger partial charge is 0.508 e. The van der Waals surface area contributed by atoms with Crippen LogP contribution >= 0.6 is 0 Å². The van der Waals surface area contributed by atoms with Crippen LogP contribution in [0.1, 0.15) is 39.0 Å². The van der Waals surface area contributed by atoms with E-state index in [9.17, 15) is 9.59 Å². The van der Waals surface area contributed by atoms with E-state index in [1.165, 1.54) is 33.5 Å². The molecule has 6 heteroatoms. The van der Waals surface area contributed by atoms with Gasteiger partial charge in [-0.2, -0.15) is 0 Å². The third kappa shape index (κ3) is 6.37. The van der Waals surface area contributed by atoms with Gasteiger partial charge in [-0.25, -0.2) is 9.59 Å². The molecule has 0 aromatic carbocycles. The molecule has 1 rings (SSSR count). The van der Waals surface area contributed by atoms with E-state index in [1.54, 1.807) is 6.08 Å². The summed E-state index contributed by atoms with van der Waals surface area (Å²) >= 11 is 0. The fourth-order valence-corrected chi connectivity index (χ4v) is 2.93. The van der Waals surface area contributed by atoms with Crippen molar-refractivity contribution >= 4 is 12.2 Å². The number of ether oxygens (including phenoxy) is 3. The molecule has 126 valence electrons. The van der Waals surface area contributed by atoms with E-state index in [-0.39, 0.29) is 18.6 Å². The van der Waals surface area contributed by atoms with Crippen molar-refractivity contribution in [1.82, 2.24) is 5.32 Å². The molecule has 0 aromatic heterocycles. The van der Waals surface area contributed by atoms with Crippen molar-refractivity contribution in [2.24, 2.45) is 11.8 Å². The molecule has 1 N–H and O–H groups in total. The summed E-state index contributed by atoms with van der Waals surface area (Å²) in [5.74, 6) is 0.581. The van der Waals surface area contributed by atoms with Crippen LogP contribution in [0.15, 0.2) is 12.2 Å². The van der Waals surface area contributed by atoms with Gasteiger partial charge in [0, 0.05) is 6.04 Å². The van der Waals surface area contributed by atoms with E-state index >= 15 is 0 Å². The van der Waals surface area contributed by atoms with Gasteiger partial charge in [-0.05, 0) is 24.7 Å². The quantitative estimate of drug-likeness (QED) is 0.602. The van der Waals surface area contributed by atoms with Gasteiger partial charge in [0.25, 0.3) is 0 Å². The second-order valence-electron chi connectivity index (χ2n) is 5.61. The molecule has 0 saturated heterocycles. The Morgan fingerprint density at radius 1 is 1.18 bits per heavy atom. The zero-order chi connectivity index (χ0) is 16.4. The number of nitrogens with one attached hydrogen (secondary N) is 1. The molecule has 0 aliphatic heterocycles. The minimum atomic E-state index is -0.700. The molecule has 0 spiro atoms. The predicted octanol–water partition coefficient (Wildman–Crippen LogP) is 3.27. The molecule has 1 saturated carbocycles. The van der Waals surface area contributed by atoms with Gasteiger partial charge >= 0.3 is 12.2 Å². The Labute approximate surface area is 132 Å². The van der Waals surface area contributed by atoms with Crippen molar-refractivity contribution in [2.45, 2.75) is 45.1 Å². The van der Waals surface area contributed by atoms with Gasteiger partial charge in [0.2, 0.25) is 0 Å². The van der Waals surface area contributed by atoms with Crippen LogP contribution in [-0.4, -0.2) is 39.1 Å². The number of hydrogen-bond donors (Lipinski definition) is 1. The fraction of sp³-hybridized carbons (Fsp3) is 0.750. The predicted molar refractivity (Wildman–Crippen MR) is 82.6 cm³/mol. The number of amides is 1. The smallest absolute Gasteiger partial charge is 0.453 e. The first-order chi connectivity index (χ1) is 10.6. The fourth-order valence-electron chi connectivity index (χ4n) is 2.93. The summed E-state index contributed by atoms with van der Waals surface area (Å²) in [5.41, 5.74) is 0. The third-order valence-corrected chi connectivity index (χ3v) is 4.10. The first-order valence-electron chi connectivity index (χ1n) is 7.80. The van der Waals surface area contributed by atoms with Crippen LogP contribution in [0.25, 0.3) is 0 Å². The highest BCUT2D eigenvalue weighted by Gasteiger charge is 2.28. The van der Waals surface area contributed by atoms with Crippen molar-refractivity contribution in [1.29, 1.82) is 0 Å². The Bertz CT molecular complexity index is 377. The second kappa shape index (κ2) is 10.1. The summed E-state index contributed by atoms with van der Waals surface area (Å²) in [5, 5.41) is 2.95. The summed E-state index contributed by atoms with van der Waals surface area (Å²) in [6.45, 7) is 2.20. The highest BCUT2D eigenvalue weighted by Crippen LogP contribution is 2.30. The molecule has 0 aromatic rings. The monoisotopic (exact) mass is 313 g/mol. The maximum Gasteiger partial charge on any atom is 0.508 e. The van der Waals surface area contributed by atoms with Crippen LogP contribution in [0.3, 0.4) is 0 Å². The van der Waals surface area contributed by atoms with Crippen LogP contribution in [0, 0.1) is 11.8 Å². The highest BCUT2D eigenvalue weighted by molar-refractivity contribution is 5.67. The number of alkyl carbamates (subject to hydrolysis) is 1. The molecule has 6 nitrogen and oxygen atoms in total. The van der Waals surface area contributed by atoms with E-state index in [0.717, 1.165) is 12.8 Å². The number of hydrogen-bond acceptors (Lipinski definition) is 5. The SMILES string of the molecule is COC(=O)N[C@@H](C1CCCCC1)[C@@H](C)/C=C/COC(=O)OC. The molecule has 1 amide bonds. The molecular weight excluding hydrogens is 286 g/mol. The zero-order valence-electron chi connectivity index (χ0n) is 13.7. The Balaban J connectivity index is 2.57. The summed E-state index contributed by atoms with van der Waals surface area (Å²) in [6, 6.07) is 0.0297. The lowest BCUT2D eigenvalue weighted by molar-refractivity contribution is 0.0817. The van der Waals surface area contributed by atoms with Crippen molar-refractivity contribution in [3.63, 3.8) is 0 Å². The van der Waals surface area contributed by atoms with E-state index in [4.69, 9.17) is 9.47 Å². The summed E-state index contributed by atoms with van der Waals surface area (Å²) in [4.78, 5) is 22.5. The number of carbonyl (C=O) groups excluding carboxylic acids is 2. The minimum absolute atomic E-state index is 0.0297. The van der Waals surface area contributed by atoms with Gasteiger partial charge in [0.15, 0.2) is 0 Å². The Kier molecular flexibility index (Phi) is 8.40. The van der Waals surface area contributed by atoms with Crippen LogP contribution in [0.4, 0.5) is 9.59 Å². The Hall–Kier alpha value is -1.72. The summed E-state index contributed by atoms with van der Waals surface area (Å²) in [7, 11) is 2.64. The first kappa shape index (κ1) is 18.3. The van der Waals surface area contributed by atoms with Gasteiger partial charge in [-0.15, -0.1) is 0 Å². The third-order valence-electron chi connectivity index (χ3n) is 4.10. The van der Waals surface area contributed by atoms with Crippen LogP contribution in [-0.2, 0) is 14.2 Å². The molecule has 0 radical (unpaired) electrons. The van der Waals surface area contributed by atoms with Crippen molar-refractivity contribution in [3.05, 3.63) is 12.2 Å². The lowest BCUT2D eigenvalue weighted by Crippen LogP contribution is -2.44. The lowest BCUT2D eigenvalue weighted by Gasteiger charge is -2.33. The average Bonchev–Trinajstić information content (AvgIpc) is 2.56. The van der Waals surface area contributed by atoms with Gasteiger partial charge in [-0.1, -0.05) is 38.3 Å². The molecule has 0 heterocycles. The van der Waals surface area contributed by atoms with Gasteiger partial charge in [0.05, 0.1) is 14.2 Å². The van der Waals surface area contributed by atoms with Crippen molar-refractivity contribution in [2.75, 3.05) is 20.8 Å². The normalized spacial score (nSPS) is 18.5.